The Morgan fingerprint density at radius 3 is 2.96 bits per heavy atom. The summed E-state index contributed by atoms with van der Waals surface area (Å²) in [6, 6.07) is 7.20. The van der Waals surface area contributed by atoms with Gasteiger partial charge < -0.3 is 15.2 Å². The van der Waals surface area contributed by atoms with Gasteiger partial charge in [0, 0.05) is 23.8 Å². The van der Waals surface area contributed by atoms with E-state index in [0.29, 0.717) is 23.9 Å². The Labute approximate surface area is 139 Å². The van der Waals surface area contributed by atoms with Crippen molar-refractivity contribution in [2.45, 2.75) is 31.4 Å². The molecule has 2 N–H and O–H groups in total. The van der Waals surface area contributed by atoms with Crippen LogP contribution < -0.4 is 10.6 Å². The van der Waals surface area contributed by atoms with Crippen LogP contribution in [0.2, 0.25) is 0 Å². The summed E-state index contributed by atoms with van der Waals surface area (Å²) in [4.78, 5) is 16.4. The summed E-state index contributed by atoms with van der Waals surface area (Å²) < 4.78 is 5.16. The number of para-hydroxylation sites is 1. The molecule has 1 fully saturated rings. The van der Waals surface area contributed by atoms with Crippen LogP contribution in [-0.4, -0.2) is 33.2 Å². The van der Waals surface area contributed by atoms with Crippen molar-refractivity contribution in [1.82, 2.24) is 15.5 Å². The molecule has 1 atom stereocenters. The number of aromatic nitrogens is 2. The second-order valence-corrected chi connectivity index (χ2v) is 7.57. The number of nitrogens with one attached hydrogen (secondary N) is 2. The molecule has 0 saturated carbocycles. The smallest absolute Gasteiger partial charge is 0.319 e. The highest BCUT2D eigenvalue weighted by Crippen LogP contribution is 2.37. The minimum Gasteiger partial charge on any atom is -0.339 e. The monoisotopic (exact) mass is 332 g/mol. The first-order chi connectivity index (χ1) is 11.1. The number of hydrogen-bond acceptors (Lipinski definition) is 5. The van der Waals surface area contributed by atoms with Crippen molar-refractivity contribution in [2.24, 2.45) is 0 Å². The van der Waals surface area contributed by atoms with E-state index in [1.54, 1.807) is 6.92 Å². The van der Waals surface area contributed by atoms with Crippen molar-refractivity contribution in [2.75, 3.05) is 17.6 Å². The van der Waals surface area contributed by atoms with Crippen LogP contribution in [0.5, 0.6) is 0 Å². The van der Waals surface area contributed by atoms with Gasteiger partial charge in [0.2, 0.25) is 11.7 Å². The Morgan fingerprint density at radius 1 is 1.43 bits per heavy atom. The Bertz CT molecular complexity index is 695. The van der Waals surface area contributed by atoms with Gasteiger partial charge in [0.1, 0.15) is 0 Å². The molecule has 1 unspecified atom stereocenters. The maximum absolute atomic E-state index is 12.2. The highest BCUT2D eigenvalue weighted by Gasteiger charge is 2.29. The van der Waals surface area contributed by atoms with Gasteiger partial charge in [-0.3, -0.25) is 0 Å². The lowest BCUT2D eigenvalue weighted by Gasteiger charge is -2.23. The van der Waals surface area contributed by atoms with Crippen molar-refractivity contribution >= 4 is 23.5 Å². The van der Waals surface area contributed by atoms with Crippen molar-refractivity contribution in [1.29, 1.82) is 0 Å². The molecule has 122 valence electrons. The first-order valence-corrected chi connectivity index (χ1v) is 8.63. The number of carbonyl (C=O) groups excluding carboxylic acids is 1. The number of hydrogen-bond donors (Lipinski definition) is 2. The molecular weight excluding hydrogens is 312 g/mol. The summed E-state index contributed by atoms with van der Waals surface area (Å²) in [7, 11) is 0. The molecule has 0 radical (unpaired) electrons. The van der Waals surface area contributed by atoms with Gasteiger partial charge in [-0.05, 0) is 37.7 Å². The topological polar surface area (TPSA) is 80.0 Å². The fourth-order valence-electron chi connectivity index (χ4n) is 2.61. The zero-order valence-electron chi connectivity index (χ0n) is 13.3. The van der Waals surface area contributed by atoms with Crippen LogP contribution in [0.15, 0.2) is 28.8 Å². The molecule has 1 aliphatic rings. The molecule has 6 nitrogen and oxygen atoms in total. The number of nitrogens with zero attached hydrogens (tertiary/aromatic N) is 2. The third kappa shape index (κ3) is 3.85. The van der Waals surface area contributed by atoms with Crippen molar-refractivity contribution in [3.63, 3.8) is 0 Å². The molecule has 23 heavy (non-hydrogen) atoms. The number of amides is 2. The van der Waals surface area contributed by atoms with Crippen molar-refractivity contribution in [3.8, 4) is 11.4 Å². The van der Waals surface area contributed by atoms with Crippen molar-refractivity contribution < 1.29 is 9.32 Å². The normalized spacial score (nSPS) is 20.4. The highest BCUT2D eigenvalue weighted by molar-refractivity contribution is 8.00. The number of carbonyl (C=O) groups is 1. The molecule has 0 bridgehead atoms. The second kappa shape index (κ2) is 6.62. The quantitative estimate of drug-likeness (QED) is 0.896. The minimum absolute atomic E-state index is 0.141. The number of aryl methyl sites for hydroxylation is 1. The lowest BCUT2D eigenvalue weighted by atomic mass is 10.1. The Hall–Kier alpha value is -2.02. The van der Waals surface area contributed by atoms with Crippen molar-refractivity contribution in [3.05, 3.63) is 30.2 Å². The summed E-state index contributed by atoms with van der Waals surface area (Å²) >= 11 is 1.92. The third-order valence-corrected chi connectivity index (χ3v) is 5.41. The van der Waals surface area contributed by atoms with E-state index < -0.39 is 0 Å². The molecule has 3 rings (SSSR count). The number of urea groups is 1. The molecule has 1 saturated heterocycles. The zero-order chi connectivity index (χ0) is 16.3. The largest absolute Gasteiger partial charge is 0.339 e. The van der Waals surface area contributed by atoms with Gasteiger partial charge in [-0.25, -0.2) is 4.79 Å². The predicted octanol–water partition coefficient (Wildman–Crippen LogP) is 3.45. The maximum Gasteiger partial charge on any atom is 0.319 e. The van der Waals surface area contributed by atoms with Gasteiger partial charge in [-0.2, -0.15) is 16.7 Å². The van der Waals surface area contributed by atoms with Gasteiger partial charge in [0.25, 0.3) is 0 Å². The molecule has 0 spiro atoms. The van der Waals surface area contributed by atoms with Crippen LogP contribution in [0, 0.1) is 6.92 Å². The number of anilines is 1. The summed E-state index contributed by atoms with van der Waals surface area (Å²) in [6.07, 6.45) is 2.35. The Balaban J connectivity index is 1.67. The van der Waals surface area contributed by atoms with Gasteiger partial charge in [0.15, 0.2) is 0 Å². The standard InChI is InChI=1S/C16H20N4O2S/c1-11-18-14(20-22-11)12-6-3-4-7-13(12)19-15(21)17-10-16(2)8-5-9-23-16/h3-4,6-7H,5,8-10H2,1-2H3,(H2,17,19,21). The minimum atomic E-state index is -0.216. The molecule has 2 amide bonds. The maximum atomic E-state index is 12.2. The predicted molar refractivity (Wildman–Crippen MR) is 91.6 cm³/mol. The lowest BCUT2D eigenvalue weighted by molar-refractivity contribution is 0.251. The lowest BCUT2D eigenvalue weighted by Crippen LogP contribution is -2.39. The molecule has 1 aromatic heterocycles. The van der Waals surface area contributed by atoms with E-state index in [1.807, 2.05) is 36.0 Å². The van der Waals surface area contributed by atoms with E-state index in [9.17, 15) is 4.79 Å². The van der Waals surface area contributed by atoms with Gasteiger partial charge in [0.05, 0.1) is 5.69 Å². The van der Waals surface area contributed by atoms with Crippen LogP contribution in [0.1, 0.15) is 25.7 Å². The van der Waals surface area contributed by atoms with Gasteiger partial charge in [-0.15, -0.1) is 0 Å². The SMILES string of the molecule is Cc1nc(-c2ccccc2NC(=O)NCC2(C)CCCS2)no1. The molecule has 7 heteroatoms. The van der Waals surface area contributed by atoms with Gasteiger partial charge in [-0.1, -0.05) is 17.3 Å². The average molecular weight is 332 g/mol. The Morgan fingerprint density at radius 2 is 2.26 bits per heavy atom. The van der Waals surface area contributed by atoms with E-state index in [-0.39, 0.29) is 10.8 Å². The summed E-state index contributed by atoms with van der Waals surface area (Å²) in [6.45, 7) is 4.59. The summed E-state index contributed by atoms with van der Waals surface area (Å²) in [5.41, 5.74) is 1.40. The summed E-state index contributed by atoms with van der Waals surface area (Å²) in [5.74, 6) is 2.13. The van der Waals surface area contributed by atoms with E-state index >= 15 is 0 Å². The molecule has 0 aliphatic carbocycles. The Kier molecular flexibility index (Phi) is 4.56. The summed E-state index contributed by atoms with van der Waals surface area (Å²) in [5, 5.41) is 9.75. The van der Waals surface area contributed by atoms with E-state index in [2.05, 4.69) is 27.7 Å². The van der Waals surface area contributed by atoms with Crippen LogP contribution in [0.3, 0.4) is 0 Å². The van der Waals surface area contributed by atoms with Crippen LogP contribution in [-0.2, 0) is 0 Å². The molecule has 2 aromatic rings. The first kappa shape index (κ1) is 15.9. The molecule has 2 heterocycles. The number of benzene rings is 1. The van der Waals surface area contributed by atoms with E-state index in [4.69, 9.17) is 4.52 Å². The highest BCUT2D eigenvalue weighted by atomic mass is 32.2. The number of thioether (sulfide) groups is 1. The third-order valence-electron chi connectivity index (χ3n) is 3.87. The second-order valence-electron chi connectivity index (χ2n) is 5.89. The van der Waals surface area contributed by atoms with Gasteiger partial charge >= 0.3 is 6.03 Å². The van der Waals surface area contributed by atoms with E-state index in [0.717, 1.165) is 12.0 Å². The fourth-order valence-corrected chi connectivity index (χ4v) is 3.85. The van der Waals surface area contributed by atoms with E-state index in [1.165, 1.54) is 12.2 Å². The number of rotatable bonds is 4. The average Bonchev–Trinajstić information content (AvgIpc) is 3.15. The molecule has 1 aromatic carbocycles. The first-order valence-electron chi connectivity index (χ1n) is 7.64. The zero-order valence-corrected chi connectivity index (χ0v) is 14.1. The van der Waals surface area contributed by atoms with Crippen LogP contribution >= 0.6 is 11.8 Å². The molecule has 1 aliphatic heterocycles. The molecular formula is C16H20N4O2S. The van der Waals surface area contributed by atoms with Crippen LogP contribution in [0.25, 0.3) is 11.4 Å². The van der Waals surface area contributed by atoms with Crippen LogP contribution in [0.4, 0.5) is 10.5 Å². The fraction of sp³-hybridized carbons (Fsp3) is 0.438.